The number of hydrogen-bond donors (Lipinski definition) is 0. The van der Waals surface area contributed by atoms with Gasteiger partial charge >= 0.3 is 0 Å². The maximum atomic E-state index is 12.8. The SMILES string of the molecule is CCc1ccccc1-n1c(S[C@H](C)C(=O)N2CCCC2)nnc1N1CCOCC1. The van der Waals surface area contributed by atoms with Crippen LogP contribution in [0.15, 0.2) is 29.4 Å². The van der Waals surface area contributed by atoms with Crippen LogP contribution in [0, 0.1) is 0 Å². The van der Waals surface area contributed by atoms with Crippen molar-refractivity contribution in [1.29, 1.82) is 0 Å². The Bertz CT molecular complexity index is 843. The zero-order chi connectivity index (χ0) is 20.2. The number of nitrogens with zero attached hydrogens (tertiary/aromatic N) is 5. The van der Waals surface area contributed by atoms with Gasteiger partial charge in [0, 0.05) is 26.2 Å². The Labute approximate surface area is 176 Å². The van der Waals surface area contributed by atoms with Crippen LogP contribution in [-0.2, 0) is 16.0 Å². The van der Waals surface area contributed by atoms with Crippen molar-refractivity contribution in [3.05, 3.63) is 29.8 Å². The van der Waals surface area contributed by atoms with Crippen LogP contribution < -0.4 is 4.90 Å². The average Bonchev–Trinajstić information content (AvgIpc) is 3.44. The van der Waals surface area contributed by atoms with E-state index >= 15 is 0 Å². The summed E-state index contributed by atoms with van der Waals surface area (Å²) in [6, 6.07) is 8.37. The van der Waals surface area contributed by atoms with E-state index in [1.807, 2.05) is 17.9 Å². The lowest BCUT2D eigenvalue weighted by Gasteiger charge is -2.28. The molecule has 2 aliphatic rings. The number of thioether (sulfide) groups is 1. The molecule has 7 nitrogen and oxygen atoms in total. The fourth-order valence-electron chi connectivity index (χ4n) is 3.95. The third-order valence-electron chi connectivity index (χ3n) is 5.57. The van der Waals surface area contributed by atoms with Crippen LogP contribution in [0.25, 0.3) is 5.69 Å². The first kappa shape index (κ1) is 20.2. The van der Waals surface area contributed by atoms with Crippen molar-refractivity contribution < 1.29 is 9.53 Å². The molecule has 1 aromatic heterocycles. The quantitative estimate of drug-likeness (QED) is 0.676. The number of ether oxygens (including phenoxy) is 1. The van der Waals surface area contributed by atoms with Crippen LogP contribution in [0.2, 0.25) is 0 Å². The number of amides is 1. The van der Waals surface area contributed by atoms with Gasteiger partial charge in [-0.2, -0.15) is 0 Å². The molecular formula is C21H29N5O2S. The van der Waals surface area contributed by atoms with Crippen LogP contribution in [-0.4, -0.2) is 70.2 Å². The molecule has 29 heavy (non-hydrogen) atoms. The van der Waals surface area contributed by atoms with Gasteiger partial charge in [-0.1, -0.05) is 36.9 Å². The van der Waals surface area contributed by atoms with Crippen molar-refractivity contribution in [3.63, 3.8) is 0 Å². The van der Waals surface area contributed by atoms with E-state index in [2.05, 4.69) is 44.8 Å². The third kappa shape index (κ3) is 4.28. The minimum Gasteiger partial charge on any atom is -0.378 e. The minimum atomic E-state index is -0.192. The molecule has 156 valence electrons. The summed E-state index contributed by atoms with van der Waals surface area (Å²) < 4.78 is 7.64. The zero-order valence-corrected chi connectivity index (χ0v) is 18.0. The van der Waals surface area contributed by atoms with Crippen LogP contribution >= 0.6 is 11.8 Å². The van der Waals surface area contributed by atoms with E-state index in [-0.39, 0.29) is 11.2 Å². The van der Waals surface area contributed by atoms with Gasteiger partial charge in [0.15, 0.2) is 5.16 Å². The summed E-state index contributed by atoms with van der Waals surface area (Å²) in [4.78, 5) is 17.0. The van der Waals surface area contributed by atoms with E-state index in [0.29, 0.717) is 13.2 Å². The van der Waals surface area contributed by atoms with Crippen LogP contribution in [0.3, 0.4) is 0 Å². The monoisotopic (exact) mass is 415 g/mol. The molecule has 2 saturated heterocycles. The number of hydrogen-bond acceptors (Lipinski definition) is 6. The number of likely N-dealkylation sites (tertiary alicyclic amines) is 1. The van der Waals surface area contributed by atoms with Crippen molar-refractivity contribution in [2.24, 2.45) is 0 Å². The number of rotatable bonds is 6. The van der Waals surface area contributed by atoms with E-state index in [4.69, 9.17) is 4.74 Å². The van der Waals surface area contributed by atoms with Crippen molar-refractivity contribution in [2.45, 2.75) is 43.5 Å². The number of aryl methyl sites for hydroxylation is 1. The molecule has 0 N–H and O–H groups in total. The molecule has 2 aromatic rings. The first-order valence-electron chi connectivity index (χ1n) is 10.5. The molecule has 2 fully saturated rings. The van der Waals surface area contributed by atoms with Gasteiger partial charge in [0.25, 0.3) is 0 Å². The number of carbonyl (C=O) groups is 1. The summed E-state index contributed by atoms with van der Waals surface area (Å²) in [5, 5.41) is 9.63. The van der Waals surface area contributed by atoms with E-state index in [1.54, 1.807) is 0 Å². The molecule has 4 rings (SSSR count). The summed E-state index contributed by atoms with van der Waals surface area (Å²) in [7, 11) is 0. The molecule has 2 aliphatic heterocycles. The average molecular weight is 416 g/mol. The highest BCUT2D eigenvalue weighted by Gasteiger charge is 2.28. The Morgan fingerprint density at radius 3 is 2.59 bits per heavy atom. The molecule has 0 radical (unpaired) electrons. The highest BCUT2D eigenvalue weighted by Crippen LogP contribution is 2.32. The second kappa shape index (κ2) is 9.17. The fraction of sp³-hybridized carbons (Fsp3) is 0.571. The smallest absolute Gasteiger partial charge is 0.235 e. The van der Waals surface area contributed by atoms with Gasteiger partial charge in [-0.25, -0.2) is 0 Å². The third-order valence-corrected chi connectivity index (χ3v) is 6.60. The Morgan fingerprint density at radius 1 is 1.14 bits per heavy atom. The lowest BCUT2D eigenvalue weighted by atomic mass is 10.1. The maximum Gasteiger partial charge on any atom is 0.235 e. The van der Waals surface area contributed by atoms with Gasteiger partial charge in [-0.15, -0.1) is 10.2 Å². The number of anilines is 1. The van der Waals surface area contributed by atoms with Gasteiger partial charge in [-0.05, 0) is 37.8 Å². The van der Waals surface area contributed by atoms with E-state index < -0.39 is 0 Å². The Kier molecular flexibility index (Phi) is 6.40. The summed E-state index contributed by atoms with van der Waals surface area (Å²) in [5.74, 6) is 1.02. The van der Waals surface area contributed by atoms with Gasteiger partial charge in [0.05, 0.1) is 24.2 Å². The fourth-order valence-corrected chi connectivity index (χ4v) is 4.89. The number of benzene rings is 1. The standard InChI is InChI=1S/C21H29N5O2S/c1-3-17-8-4-5-9-18(17)26-20(25-12-14-28-15-13-25)22-23-21(26)29-16(2)19(27)24-10-6-7-11-24/h4-5,8-9,16H,3,6-7,10-15H2,1-2H3/t16-/m1/s1. The van der Waals surface area contributed by atoms with E-state index in [1.165, 1.54) is 17.3 Å². The summed E-state index contributed by atoms with van der Waals surface area (Å²) >= 11 is 1.50. The molecule has 8 heteroatoms. The first-order valence-corrected chi connectivity index (χ1v) is 11.4. The second-order valence-electron chi connectivity index (χ2n) is 7.49. The number of carbonyl (C=O) groups excluding carboxylic acids is 1. The molecule has 0 saturated carbocycles. The van der Waals surface area contributed by atoms with Gasteiger partial charge in [0.1, 0.15) is 0 Å². The maximum absolute atomic E-state index is 12.8. The Morgan fingerprint density at radius 2 is 1.86 bits per heavy atom. The first-order chi connectivity index (χ1) is 14.2. The van der Waals surface area contributed by atoms with Gasteiger partial charge < -0.3 is 14.5 Å². The summed E-state index contributed by atoms with van der Waals surface area (Å²) in [6.45, 7) is 8.83. The van der Waals surface area contributed by atoms with Crippen LogP contribution in [0.5, 0.6) is 0 Å². The lowest BCUT2D eigenvalue weighted by molar-refractivity contribution is -0.129. The minimum absolute atomic E-state index is 0.192. The molecule has 0 bridgehead atoms. The molecular weight excluding hydrogens is 386 g/mol. The number of para-hydroxylation sites is 1. The largest absolute Gasteiger partial charge is 0.378 e. The van der Waals surface area contributed by atoms with E-state index in [9.17, 15) is 4.79 Å². The molecule has 1 atom stereocenters. The summed E-state index contributed by atoms with van der Waals surface area (Å²) in [5.41, 5.74) is 2.33. The number of aromatic nitrogens is 3. The molecule has 1 aromatic carbocycles. The van der Waals surface area contributed by atoms with Crippen LogP contribution in [0.4, 0.5) is 5.95 Å². The lowest BCUT2D eigenvalue weighted by Crippen LogP contribution is -2.38. The van der Waals surface area contributed by atoms with Gasteiger partial charge in [-0.3, -0.25) is 9.36 Å². The topological polar surface area (TPSA) is 63.5 Å². The molecule has 0 unspecified atom stereocenters. The Balaban J connectivity index is 1.68. The highest BCUT2D eigenvalue weighted by molar-refractivity contribution is 8.00. The molecule has 1 amide bonds. The number of morpholine rings is 1. The van der Waals surface area contributed by atoms with Crippen molar-refractivity contribution in [3.8, 4) is 5.69 Å². The van der Waals surface area contributed by atoms with Crippen LogP contribution in [0.1, 0.15) is 32.3 Å². The molecule has 0 aliphatic carbocycles. The molecule has 0 spiro atoms. The summed E-state index contributed by atoms with van der Waals surface area (Å²) in [6.07, 6.45) is 3.12. The molecule has 3 heterocycles. The van der Waals surface area contributed by atoms with Crippen molar-refractivity contribution in [2.75, 3.05) is 44.3 Å². The Hall–Kier alpha value is -2.06. The van der Waals surface area contributed by atoms with E-state index in [0.717, 1.165) is 62.2 Å². The van der Waals surface area contributed by atoms with Crippen molar-refractivity contribution in [1.82, 2.24) is 19.7 Å². The predicted octanol–water partition coefficient (Wildman–Crippen LogP) is 2.77. The van der Waals surface area contributed by atoms with Gasteiger partial charge in [0.2, 0.25) is 11.9 Å². The zero-order valence-electron chi connectivity index (χ0n) is 17.2. The highest BCUT2D eigenvalue weighted by atomic mass is 32.2. The second-order valence-corrected chi connectivity index (χ2v) is 8.80. The normalized spacial score (nSPS) is 18.3. The predicted molar refractivity (Wildman–Crippen MR) is 115 cm³/mol. The van der Waals surface area contributed by atoms with Crippen molar-refractivity contribution >= 4 is 23.6 Å².